The lowest BCUT2D eigenvalue weighted by Crippen LogP contribution is -2.50. The molecule has 4 aliphatic heterocycles. The number of carbonyl (C=O) groups excluding carboxylic acids is 3. The molecule has 12 N–H and O–H groups in total. The van der Waals surface area contributed by atoms with Crippen LogP contribution >= 0.6 is 23.3 Å². The summed E-state index contributed by atoms with van der Waals surface area (Å²) in [6, 6.07) is 13.9. The van der Waals surface area contributed by atoms with Gasteiger partial charge in [0.15, 0.2) is 29.3 Å². The maximum Gasteiger partial charge on any atom is 0.480 e. The van der Waals surface area contributed by atoms with Crippen LogP contribution in [0.25, 0.3) is 27.9 Å². The molecule has 6 heterocycles. The summed E-state index contributed by atoms with van der Waals surface area (Å²) < 4.78 is 137. The molecule has 4 aliphatic rings. The van der Waals surface area contributed by atoms with E-state index in [-0.39, 0.29) is 55.0 Å². The van der Waals surface area contributed by atoms with Gasteiger partial charge in [-0.15, -0.1) is 4.86 Å². The van der Waals surface area contributed by atoms with Gasteiger partial charge >= 0.3 is 29.4 Å². The molecule has 6 atom stereocenters. The zero-order chi connectivity index (χ0) is 67.4. The zero-order valence-corrected chi connectivity index (χ0v) is 54.7. The number of alkyl carbamates (subject to hydrolysis) is 1. The molecule has 0 spiro atoms. The molecule has 38 heteroatoms. The van der Waals surface area contributed by atoms with Crippen molar-refractivity contribution in [2.45, 2.75) is 90.0 Å². The predicted molar refractivity (Wildman–Crippen MR) is 331 cm³/mol. The lowest BCUT2D eigenvalue weighted by atomic mass is 9.83. The molecule has 0 saturated carbocycles. The van der Waals surface area contributed by atoms with E-state index in [1.54, 1.807) is 67.7 Å². The van der Waals surface area contributed by atoms with Crippen molar-refractivity contribution in [1.29, 1.82) is 0 Å². The van der Waals surface area contributed by atoms with Crippen LogP contribution in [0, 0.1) is 0 Å². The zero-order valence-electron chi connectivity index (χ0n) is 50.4. The molecule has 498 valence electrons. The van der Waals surface area contributed by atoms with E-state index in [4.69, 9.17) is 34.3 Å². The van der Waals surface area contributed by atoms with Crippen molar-refractivity contribution in [2.75, 3.05) is 68.5 Å². The summed E-state index contributed by atoms with van der Waals surface area (Å²) in [6.45, 7) is 11.1. The van der Waals surface area contributed by atoms with Crippen LogP contribution in [0.3, 0.4) is 0 Å². The monoisotopic (exact) mass is 1380 g/mol. The van der Waals surface area contributed by atoms with Gasteiger partial charge in [-0.2, -0.15) is 21.1 Å². The number of aliphatic hydroxyl groups is 1. The molecule has 2 aromatic heterocycles. The van der Waals surface area contributed by atoms with Gasteiger partial charge in [-0.1, -0.05) is 24.3 Å². The molecule has 1 fully saturated rings. The SMILES string of the molecule is CCN1c2cc3c(cc2C(CS(=O)(=O)O)=CC1(C)C)C(c1ccccc1C(=O)N(C)CCCC(=O)NCCNC(=O)O[C@@H]1[C@H](O)[C@@H](COP(=O)(O)OP(=O)(O)NP(=O)(O)O)O[C@H]1n1cnc2c(N)ncnc21)=c1cc2c(cc1O3)=[N+](CC)C(C)(C)C=C2CS(=O)(=O)O. The molecular weight excluding hydrogens is 1310 g/mol. The second-order valence-corrected chi connectivity index (χ2v) is 30.6. The van der Waals surface area contributed by atoms with Gasteiger partial charge in [0.25, 0.3) is 26.1 Å². The molecular formula is C54H69N11O22P3S2+. The normalized spacial score (nSPS) is 20.5. The van der Waals surface area contributed by atoms with Crippen molar-refractivity contribution in [3.8, 4) is 11.5 Å². The number of carbonyl (C=O) groups is 3. The van der Waals surface area contributed by atoms with Crippen LogP contribution in [0.2, 0.25) is 0 Å². The number of aliphatic hydroxyl groups excluding tert-OH is 1. The van der Waals surface area contributed by atoms with Gasteiger partial charge in [0.1, 0.15) is 53.6 Å². The standard InChI is InChI=1S/C54H68N11O22P3S2/c1-8-64-38-21-40-36(19-34(38)30(23-53(64,3)4)26-91(77,78)79)44(37-20-35-31(27-92(80,81)82)24-54(5,6)65(9-2)39(35)22-41(37)84-40)32-13-10-11-14-33(32)50(68)62(7)18-12-15-43(66)56-16-17-57-52(69)86-47-46(67)42(25-83-90(75,76)87-89(73,74)61-88(70,71)72)85-51(47)63-29-60-45-48(55)58-28-59-49(45)63/h10-11,13-14,19-24,28-29,42,46-47,51,67H,8-9,12,15-18,25-27H2,1-7H3,(H10-,55,56,57,58,59,61,66,69,70,71,72,73,74,75,76,77,78,79,80,81,82)/p+1/t42-,46-,47-,51-/m1/s1. The largest absolute Gasteiger partial charge is 0.480 e. The van der Waals surface area contributed by atoms with Crippen molar-refractivity contribution in [3.05, 3.63) is 112 Å². The third-order valence-electron chi connectivity index (χ3n) is 15.5. The first-order valence-corrected chi connectivity index (χ1v) is 36.2. The Bertz CT molecular complexity index is 4410. The highest BCUT2D eigenvalue weighted by Gasteiger charge is 2.50. The summed E-state index contributed by atoms with van der Waals surface area (Å²) in [5.41, 5.74) is 8.26. The number of imidazole rings is 1. The molecule has 33 nitrogen and oxygen atoms in total. The van der Waals surface area contributed by atoms with E-state index in [0.717, 1.165) is 17.5 Å². The van der Waals surface area contributed by atoms with Gasteiger partial charge in [-0.05, 0) is 75.1 Å². The second kappa shape index (κ2) is 26.1. The van der Waals surface area contributed by atoms with Gasteiger partial charge in [0, 0.05) is 92.7 Å². The number of hydrogen-bond acceptors (Lipinski definition) is 21. The Balaban J connectivity index is 0.912. The highest BCUT2D eigenvalue weighted by atomic mass is 32.2. The van der Waals surface area contributed by atoms with Gasteiger partial charge in [0.05, 0.1) is 30.1 Å². The van der Waals surface area contributed by atoms with E-state index < -0.39 is 115 Å². The third-order valence-corrected chi connectivity index (χ3v) is 21.1. The van der Waals surface area contributed by atoms with E-state index in [1.165, 1.54) is 9.47 Å². The first-order valence-electron chi connectivity index (χ1n) is 28.3. The number of likely N-dealkylation sites (N-methyl/N-ethyl adjacent to an activating group) is 2. The number of nitrogens with zero attached hydrogens (tertiary/aromatic N) is 7. The Hall–Kier alpha value is -6.88. The van der Waals surface area contributed by atoms with Crippen LogP contribution in [0.5, 0.6) is 11.5 Å². The number of aromatic nitrogens is 4. The fraction of sp³-hybridized carbons (Fsp3) is 0.426. The number of ether oxygens (including phenoxy) is 3. The average Bonchev–Trinajstić information content (AvgIpc) is 0.921. The quantitative estimate of drug-likeness (QED) is 0.0179. The first-order chi connectivity index (χ1) is 42.8. The van der Waals surface area contributed by atoms with E-state index in [2.05, 4.69) is 39.4 Å². The minimum atomic E-state index is -5.67. The summed E-state index contributed by atoms with van der Waals surface area (Å²) in [6.07, 6.45) is -2.13. The molecule has 92 heavy (non-hydrogen) atoms. The lowest BCUT2D eigenvalue weighted by Gasteiger charge is -2.43. The van der Waals surface area contributed by atoms with E-state index in [9.17, 15) is 68.9 Å². The smallest absolute Gasteiger partial charge is 0.456 e. The fourth-order valence-corrected chi connectivity index (χ4v) is 16.6. The summed E-state index contributed by atoms with van der Waals surface area (Å²) in [5.74, 6) is -1.74. The first kappa shape index (κ1) is 69.5. The Labute approximate surface area is 526 Å². The van der Waals surface area contributed by atoms with E-state index >= 15 is 0 Å². The fourth-order valence-electron chi connectivity index (χ4n) is 11.9. The van der Waals surface area contributed by atoms with Crippen LogP contribution in [0.15, 0.2) is 73.3 Å². The Morgan fingerprint density at radius 3 is 2.20 bits per heavy atom. The number of phosphoric ester groups is 1. The number of rotatable bonds is 24. The van der Waals surface area contributed by atoms with Crippen molar-refractivity contribution in [2.24, 2.45) is 0 Å². The maximum atomic E-state index is 14.8. The molecule has 9 rings (SSSR count). The van der Waals surface area contributed by atoms with Crippen molar-refractivity contribution in [3.63, 3.8) is 0 Å². The average molecular weight is 1380 g/mol. The number of fused-ring (bicyclic) bond motifs is 5. The molecule has 5 aromatic rings. The topological polar surface area (TPSA) is 474 Å². The molecule has 0 aliphatic carbocycles. The number of amides is 3. The van der Waals surface area contributed by atoms with Crippen LogP contribution in [0.1, 0.15) is 93.2 Å². The maximum absolute atomic E-state index is 14.8. The number of anilines is 2. The second-order valence-electron chi connectivity index (χ2n) is 23.0. The molecule has 0 bridgehead atoms. The number of nitrogen functional groups attached to an aromatic ring is 1. The predicted octanol–water partition coefficient (Wildman–Crippen LogP) is 2.16. The Kier molecular flexibility index (Phi) is 19.7. The highest BCUT2D eigenvalue weighted by molar-refractivity contribution is 7.86. The number of phosphoric acid groups is 1. The summed E-state index contributed by atoms with van der Waals surface area (Å²) in [5, 5.41) is 17.4. The van der Waals surface area contributed by atoms with Gasteiger partial charge in [-0.3, -0.25) is 27.8 Å². The molecule has 3 aromatic carbocycles. The van der Waals surface area contributed by atoms with Crippen LogP contribution in [-0.2, 0) is 57.0 Å². The number of nitrogens with two attached hydrogens (primary N) is 1. The van der Waals surface area contributed by atoms with Gasteiger partial charge in [0.2, 0.25) is 11.3 Å². The highest BCUT2D eigenvalue weighted by Crippen LogP contribution is 2.61. The Morgan fingerprint density at radius 2 is 1.53 bits per heavy atom. The number of nitrogens with one attached hydrogen (secondary N) is 3. The summed E-state index contributed by atoms with van der Waals surface area (Å²) in [4.78, 5) is 95.4. The van der Waals surface area contributed by atoms with Gasteiger partial charge < -0.3 is 65.1 Å². The molecule has 0 radical (unpaired) electrons. The summed E-state index contributed by atoms with van der Waals surface area (Å²) in [7, 11) is -24.4. The van der Waals surface area contributed by atoms with Crippen molar-refractivity contribution < 1.29 is 102 Å². The van der Waals surface area contributed by atoms with E-state index in [1.807, 2.05) is 41.5 Å². The lowest BCUT2D eigenvalue weighted by molar-refractivity contribution is -0.121. The van der Waals surface area contributed by atoms with Crippen LogP contribution in [-0.4, -0.2) is 180 Å². The minimum Gasteiger partial charge on any atom is -0.456 e. The molecule has 3 amide bonds. The molecule has 2 unspecified atom stereocenters. The van der Waals surface area contributed by atoms with Gasteiger partial charge in [-0.25, -0.2) is 38.0 Å². The van der Waals surface area contributed by atoms with Crippen LogP contribution in [0.4, 0.5) is 16.3 Å². The third kappa shape index (κ3) is 15.5. The number of benzene rings is 3. The summed E-state index contributed by atoms with van der Waals surface area (Å²) >= 11 is 0. The minimum absolute atomic E-state index is 0.0185. The Morgan fingerprint density at radius 1 is 0.859 bits per heavy atom. The van der Waals surface area contributed by atoms with E-state index in [0.29, 0.717) is 79.8 Å². The van der Waals surface area contributed by atoms with Crippen molar-refractivity contribution in [1.82, 2.24) is 44.5 Å². The van der Waals surface area contributed by atoms with Crippen LogP contribution < -0.4 is 46.0 Å². The van der Waals surface area contributed by atoms with Crippen molar-refractivity contribution >= 4 is 101 Å². The number of hydrogen-bond donors (Lipinski definition) is 11. The molecule has 1 saturated heterocycles.